The summed E-state index contributed by atoms with van der Waals surface area (Å²) in [5.41, 5.74) is 6.08. The average Bonchev–Trinajstić information content (AvgIpc) is 2.14. The molecule has 8 heavy (non-hydrogen) atoms. The Labute approximate surface area is 50.5 Å². The molecule has 0 radical (unpaired) electrons. The van der Waals surface area contributed by atoms with Crippen LogP contribution in [0.2, 0.25) is 0 Å². The molecule has 2 N–H and O–H groups in total. The fourth-order valence-corrected chi connectivity index (χ4v) is 0.859. The van der Waals surface area contributed by atoms with E-state index in [1.165, 1.54) is 11.5 Å². The van der Waals surface area contributed by atoms with Crippen molar-refractivity contribution in [2.24, 2.45) is 0 Å². The van der Waals surface area contributed by atoms with Gasteiger partial charge in [0, 0.05) is 5.38 Å². The van der Waals surface area contributed by atoms with E-state index in [0.29, 0.717) is 11.4 Å². The number of nitrogens with two attached hydrogens (primary N) is 1. The van der Waals surface area contributed by atoms with Gasteiger partial charge in [-0.2, -0.15) is 9.64 Å². The van der Waals surface area contributed by atoms with E-state index in [9.17, 15) is 0 Å². The molecule has 0 bridgehead atoms. The fourth-order valence-electron chi connectivity index (χ4n) is 0.329. The molecule has 1 aromatic rings. The Balaban J connectivity index is 3.15. The van der Waals surface area contributed by atoms with Gasteiger partial charge in [-0.25, -0.2) is 0 Å². The summed E-state index contributed by atoms with van der Waals surface area (Å²) in [7, 11) is 0. The van der Waals surface area contributed by atoms with E-state index < -0.39 is 0 Å². The molecular formula is C4H3N3S. The number of anilines is 1. The largest absolute Gasteiger partial charge is 0.396 e. The molecule has 1 aromatic heterocycles. The Kier molecular flexibility index (Phi) is 1.14. The van der Waals surface area contributed by atoms with Crippen LogP contribution in [0.3, 0.4) is 0 Å². The lowest BCUT2D eigenvalue weighted by atomic mass is 10.4. The number of hydrogen-bond donors (Lipinski definition) is 1. The van der Waals surface area contributed by atoms with Gasteiger partial charge in [-0.05, 0) is 11.5 Å². The van der Waals surface area contributed by atoms with E-state index in [1.54, 1.807) is 5.38 Å². The number of hydrogen-bond acceptors (Lipinski definition) is 4. The van der Waals surface area contributed by atoms with Crippen LogP contribution in [0, 0.1) is 11.3 Å². The Bertz CT molecular complexity index is 221. The van der Waals surface area contributed by atoms with Crippen molar-refractivity contribution < 1.29 is 0 Å². The summed E-state index contributed by atoms with van der Waals surface area (Å²) in [6.45, 7) is 0. The van der Waals surface area contributed by atoms with E-state index >= 15 is 0 Å². The van der Waals surface area contributed by atoms with Gasteiger partial charge in [-0.15, -0.1) is 0 Å². The number of nitrogens with zero attached hydrogens (tertiary/aromatic N) is 2. The van der Waals surface area contributed by atoms with Crippen molar-refractivity contribution in [2.75, 3.05) is 5.73 Å². The van der Waals surface area contributed by atoms with Crippen LogP contribution in [-0.4, -0.2) is 4.37 Å². The van der Waals surface area contributed by atoms with Crippen LogP contribution in [0.15, 0.2) is 5.38 Å². The Hall–Kier alpha value is -1.08. The molecule has 1 rings (SSSR count). The highest BCUT2D eigenvalue weighted by Gasteiger charge is 1.96. The zero-order valence-corrected chi connectivity index (χ0v) is 4.77. The maximum atomic E-state index is 8.22. The minimum Gasteiger partial charge on any atom is -0.396 e. The lowest BCUT2D eigenvalue weighted by Crippen LogP contribution is -1.83. The normalized spacial score (nSPS) is 8.38. The van der Waals surface area contributed by atoms with Crippen molar-refractivity contribution in [3.63, 3.8) is 0 Å². The van der Waals surface area contributed by atoms with Gasteiger partial charge < -0.3 is 5.73 Å². The minimum atomic E-state index is 0.329. The van der Waals surface area contributed by atoms with Crippen molar-refractivity contribution in [2.45, 2.75) is 0 Å². The van der Waals surface area contributed by atoms with Gasteiger partial charge in [0.15, 0.2) is 5.69 Å². The molecule has 0 aliphatic heterocycles. The third-order valence-electron chi connectivity index (χ3n) is 0.703. The van der Waals surface area contributed by atoms with Gasteiger partial charge in [0.1, 0.15) is 6.07 Å². The lowest BCUT2D eigenvalue weighted by Gasteiger charge is -1.76. The van der Waals surface area contributed by atoms with E-state index in [0.717, 1.165) is 0 Å². The third-order valence-corrected chi connectivity index (χ3v) is 1.35. The number of aromatic nitrogens is 1. The number of nitriles is 1. The Morgan fingerprint density at radius 3 is 2.88 bits per heavy atom. The molecule has 0 saturated carbocycles. The average molecular weight is 125 g/mol. The van der Waals surface area contributed by atoms with E-state index in [2.05, 4.69) is 4.37 Å². The molecule has 40 valence electrons. The first-order chi connectivity index (χ1) is 3.84. The van der Waals surface area contributed by atoms with Crippen molar-refractivity contribution in [1.29, 1.82) is 5.26 Å². The highest BCUT2D eigenvalue weighted by Crippen LogP contribution is 2.09. The first kappa shape index (κ1) is 5.06. The van der Waals surface area contributed by atoms with Gasteiger partial charge in [0.05, 0.1) is 5.69 Å². The van der Waals surface area contributed by atoms with Gasteiger partial charge in [-0.1, -0.05) is 0 Å². The molecule has 0 aromatic carbocycles. The van der Waals surface area contributed by atoms with Gasteiger partial charge in [-0.3, -0.25) is 0 Å². The second kappa shape index (κ2) is 1.80. The Morgan fingerprint density at radius 1 is 1.88 bits per heavy atom. The summed E-state index contributed by atoms with van der Waals surface area (Å²) in [5, 5.41) is 9.86. The third kappa shape index (κ3) is 0.634. The quantitative estimate of drug-likeness (QED) is 0.552. The highest BCUT2D eigenvalue weighted by molar-refractivity contribution is 7.04. The van der Waals surface area contributed by atoms with Crippen molar-refractivity contribution >= 4 is 17.2 Å². The first-order valence-corrected chi connectivity index (χ1v) is 2.78. The molecule has 0 atom stereocenters. The molecule has 0 aliphatic rings. The molecule has 0 amide bonds. The molecule has 3 nitrogen and oxygen atoms in total. The second-order valence-corrected chi connectivity index (χ2v) is 1.86. The molecule has 0 aliphatic carbocycles. The number of nitrogen functional groups attached to an aromatic ring is 1. The van der Waals surface area contributed by atoms with E-state index in [-0.39, 0.29) is 0 Å². The van der Waals surface area contributed by atoms with Crippen LogP contribution < -0.4 is 5.73 Å². The van der Waals surface area contributed by atoms with Crippen molar-refractivity contribution in [1.82, 2.24) is 4.37 Å². The zero-order chi connectivity index (χ0) is 5.98. The predicted octanol–water partition coefficient (Wildman–Crippen LogP) is 0.597. The van der Waals surface area contributed by atoms with Crippen molar-refractivity contribution in [3.8, 4) is 6.07 Å². The predicted molar refractivity (Wildman–Crippen MR) is 31.2 cm³/mol. The van der Waals surface area contributed by atoms with Crippen LogP contribution in [0.25, 0.3) is 0 Å². The monoisotopic (exact) mass is 125 g/mol. The van der Waals surface area contributed by atoms with Crippen LogP contribution in [-0.2, 0) is 0 Å². The number of rotatable bonds is 0. The second-order valence-electron chi connectivity index (χ2n) is 1.23. The lowest BCUT2D eigenvalue weighted by molar-refractivity contribution is 1.42. The summed E-state index contributed by atoms with van der Waals surface area (Å²) >= 11 is 1.19. The van der Waals surface area contributed by atoms with E-state index in [1.807, 2.05) is 6.07 Å². The van der Waals surface area contributed by atoms with Crippen LogP contribution in [0.4, 0.5) is 5.69 Å². The summed E-state index contributed by atoms with van der Waals surface area (Å²) in [5.74, 6) is 0. The van der Waals surface area contributed by atoms with Crippen LogP contribution in [0.5, 0.6) is 0 Å². The molecule has 0 unspecified atom stereocenters. The summed E-state index contributed by atoms with van der Waals surface area (Å²) in [6, 6.07) is 1.85. The van der Waals surface area contributed by atoms with Gasteiger partial charge >= 0.3 is 0 Å². The topological polar surface area (TPSA) is 62.7 Å². The standard InChI is InChI=1S/C4H3N3S/c5-1-4-3(6)2-8-7-4/h2H,6H2. The molecule has 0 spiro atoms. The molecule has 1 heterocycles. The van der Waals surface area contributed by atoms with Crippen LogP contribution >= 0.6 is 11.5 Å². The molecule has 0 saturated heterocycles. The smallest absolute Gasteiger partial charge is 0.177 e. The summed E-state index contributed by atoms with van der Waals surface area (Å²) < 4.78 is 3.69. The summed E-state index contributed by atoms with van der Waals surface area (Å²) in [6.07, 6.45) is 0. The molecule has 4 heteroatoms. The molecule has 0 fully saturated rings. The maximum absolute atomic E-state index is 8.22. The maximum Gasteiger partial charge on any atom is 0.177 e. The molecular weight excluding hydrogens is 122 g/mol. The zero-order valence-electron chi connectivity index (χ0n) is 3.96. The van der Waals surface area contributed by atoms with Gasteiger partial charge in [0.25, 0.3) is 0 Å². The van der Waals surface area contributed by atoms with Gasteiger partial charge in [0.2, 0.25) is 0 Å². The first-order valence-electron chi connectivity index (χ1n) is 1.94. The summed E-state index contributed by atoms with van der Waals surface area (Å²) in [4.78, 5) is 0. The van der Waals surface area contributed by atoms with E-state index in [4.69, 9.17) is 11.0 Å². The SMILES string of the molecule is N#Cc1nscc1N. The fraction of sp³-hybridized carbons (Fsp3) is 0. The Morgan fingerprint density at radius 2 is 2.62 bits per heavy atom. The minimum absolute atomic E-state index is 0.329. The highest BCUT2D eigenvalue weighted by atomic mass is 32.1. The van der Waals surface area contributed by atoms with Crippen molar-refractivity contribution in [3.05, 3.63) is 11.1 Å². The van der Waals surface area contributed by atoms with Crippen LogP contribution in [0.1, 0.15) is 5.69 Å².